The Bertz CT molecular complexity index is 1070. The van der Waals surface area contributed by atoms with E-state index in [2.05, 4.69) is 0 Å². The molecule has 5 heteroatoms. The van der Waals surface area contributed by atoms with E-state index in [9.17, 15) is 9.59 Å². The maximum atomic E-state index is 12.5. The van der Waals surface area contributed by atoms with Crippen molar-refractivity contribution in [3.8, 4) is 5.75 Å². The normalized spacial score (nSPS) is 12.2. The molecule has 0 aliphatic rings. The van der Waals surface area contributed by atoms with Crippen molar-refractivity contribution in [1.82, 2.24) is 0 Å². The van der Waals surface area contributed by atoms with Gasteiger partial charge in [0.15, 0.2) is 0 Å². The van der Waals surface area contributed by atoms with Crippen molar-refractivity contribution in [2.45, 2.75) is 6.92 Å². The molecule has 1 heterocycles. The molecule has 0 atom stereocenters. The lowest BCUT2D eigenvalue weighted by molar-refractivity contribution is -0.796. The molecule has 0 radical (unpaired) electrons. The summed E-state index contributed by atoms with van der Waals surface area (Å²) in [6.45, 7) is 1.83. The SMILES string of the molecule is Cc1cc(=O)oc2cc(OC(=O)/C=C(/c3ccccc3)[N+](C)(C)C)ccc12. The first-order valence-corrected chi connectivity index (χ1v) is 8.59. The van der Waals surface area contributed by atoms with E-state index < -0.39 is 11.6 Å². The fourth-order valence-electron chi connectivity index (χ4n) is 2.90. The number of benzene rings is 2. The largest absolute Gasteiger partial charge is 0.423 e. The van der Waals surface area contributed by atoms with Crippen LogP contribution in [-0.4, -0.2) is 31.6 Å². The zero-order valence-electron chi connectivity index (χ0n) is 15.9. The van der Waals surface area contributed by atoms with Gasteiger partial charge in [0.2, 0.25) is 0 Å². The first-order valence-electron chi connectivity index (χ1n) is 8.59. The Morgan fingerprint density at radius 3 is 2.41 bits per heavy atom. The molecule has 0 spiro atoms. The Morgan fingerprint density at radius 2 is 1.74 bits per heavy atom. The van der Waals surface area contributed by atoms with Gasteiger partial charge in [-0.3, -0.25) is 4.48 Å². The number of aryl methyl sites for hydroxylation is 1. The van der Waals surface area contributed by atoms with Gasteiger partial charge in [-0.2, -0.15) is 0 Å². The Balaban J connectivity index is 1.93. The van der Waals surface area contributed by atoms with Crippen molar-refractivity contribution >= 4 is 22.6 Å². The summed E-state index contributed by atoms with van der Waals surface area (Å²) in [7, 11) is 5.96. The predicted molar refractivity (Wildman–Crippen MR) is 105 cm³/mol. The number of rotatable bonds is 4. The Labute approximate surface area is 157 Å². The van der Waals surface area contributed by atoms with Crippen molar-refractivity contribution in [3.05, 3.63) is 82.2 Å². The molecule has 0 saturated heterocycles. The second-order valence-corrected chi connectivity index (χ2v) is 7.24. The van der Waals surface area contributed by atoms with Crippen LogP contribution in [0.4, 0.5) is 0 Å². The fraction of sp³-hybridized carbons (Fsp3) is 0.182. The lowest BCUT2D eigenvalue weighted by Crippen LogP contribution is -2.33. The lowest BCUT2D eigenvalue weighted by Gasteiger charge is -2.26. The van der Waals surface area contributed by atoms with Gasteiger partial charge >= 0.3 is 11.6 Å². The molecule has 0 N–H and O–H groups in total. The highest BCUT2D eigenvalue weighted by molar-refractivity contribution is 5.91. The van der Waals surface area contributed by atoms with Gasteiger partial charge in [0.25, 0.3) is 0 Å². The van der Waals surface area contributed by atoms with Gasteiger partial charge in [-0.05, 0) is 36.8 Å². The second-order valence-electron chi connectivity index (χ2n) is 7.24. The Hall–Kier alpha value is -3.18. The predicted octanol–water partition coefficient (Wildman–Crippen LogP) is 3.75. The summed E-state index contributed by atoms with van der Waals surface area (Å²) in [5.74, 6) is -0.164. The van der Waals surface area contributed by atoms with E-state index in [-0.39, 0.29) is 0 Å². The first kappa shape index (κ1) is 18.6. The molecule has 138 valence electrons. The molecule has 0 saturated carbocycles. The minimum absolute atomic E-state index is 0.325. The third-order valence-electron chi connectivity index (χ3n) is 4.19. The molecule has 0 amide bonds. The summed E-state index contributed by atoms with van der Waals surface area (Å²) in [5, 5.41) is 0.807. The minimum atomic E-state index is -0.490. The average Bonchev–Trinajstić information content (AvgIpc) is 2.59. The topological polar surface area (TPSA) is 56.5 Å². The highest BCUT2D eigenvalue weighted by atomic mass is 16.5. The van der Waals surface area contributed by atoms with E-state index in [0.29, 0.717) is 15.8 Å². The number of esters is 1. The van der Waals surface area contributed by atoms with E-state index in [0.717, 1.165) is 22.2 Å². The number of carbonyl (C=O) groups excluding carboxylic acids is 1. The van der Waals surface area contributed by atoms with Crippen LogP contribution in [0, 0.1) is 6.92 Å². The smallest absolute Gasteiger partial charge is 0.342 e. The zero-order chi connectivity index (χ0) is 19.6. The number of carbonyl (C=O) groups is 1. The Morgan fingerprint density at radius 1 is 1.04 bits per heavy atom. The van der Waals surface area contributed by atoms with Crippen LogP contribution in [0.5, 0.6) is 5.75 Å². The van der Waals surface area contributed by atoms with Crippen molar-refractivity contribution in [1.29, 1.82) is 0 Å². The summed E-state index contributed by atoms with van der Waals surface area (Å²) in [6.07, 6.45) is 1.49. The molecule has 27 heavy (non-hydrogen) atoms. The molecule has 0 aliphatic heterocycles. The van der Waals surface area contributed by atoms with E-state index in [1.165, 1.54) is 12.1 Å². The van der Waals surface area contributed by atoms with Gasteiger partial charge in [0.1, 0.15) is 17.0 Å². The Kier molecular flexibility index (Phi) is 4.97. The van der Waals surface area contributed by atoms with Crippen molar-refractivity contribution in [3.63, 3.8) is 0 Å². The number of quaternary nitrogens is 1. The maximum Gasteiger partial charge on any atom is 0.342 e. The molecule has 0 fully saturated rings. The average molecular weight is 364 g/mol. The summed E-state index contributed by atoms with van der Waals surface area (Å²) < 4.78 is 11.1. The van der Waals surface area contributed by atoms with Gasteiger partial charge in [0, 0.05) is 23.1 Å². The van der Waals surface area contributed by atoms with Crippen LogP contribution < -0.4 is 10.4 Å². The van der Waals surface area contributed by atoms with Crippen molar-refractivity contribution in [2.24, 2.45) is 0 Å². The standard InChI is InChI=1S/C22H22NO4/c1-15-12-21(24)27-20-13-17(10-11-18(15)20)26-22(25)14-19(23(2,3)4)16-8-6-5-7-9-16/h5-14H,1-4H3/q+1/b19-14-. The second kappa shape index (κ2) is 7.21. The van der Waals surface area contributed by atoms with Gasteiger partial charge in [-0.15, -0.1) is 0 Å². The molecule has 5 nitrogen and oxygen atoms in total. The van der Waals surface area contributed by atoms with Crippen LogP contribution in [0.25, 0.3) is 16.7 Å². The third-order valence-corrected chi connectivity index (χ3v) is 4.19. The summed E-state index contributed by atoms with van der Waals surface area (Å²) in [5.41, 5.74) is 2.55. The summed E-state index contributed by atoms with van der Waals surface area (Å²) in [4.78, 5) is 24.1. The third kappa shape index (κ3) is 4.33. The fourth-order valence-corrected chi connectivity index (χ4v) is 2.90. The van der Waals surface area contributed by atoms with E-state index >= 15 is 0 Å². The molecule has 0 unspecified atom stereocenters. The van der Waals surface area contributed by atoms with E-state index in [1.54, 1.807) is 18.2 Å². The van der Waals surface area contributed by atoms with Crippen LogP contribution in [0.15, 0.2) is 69.9 Å². The van der Waals surface area contributed by atoms with Crippen LogP contribution in [0.1, 0.15) is 11.1 Å². The summed E-state index contributed by atoms with van der Waals surface area (Å²) in [6, 6.07) is 16.2. The number of ether oxygens (including phenoxy) is 1. The van der Waals surface area contributed by atoms with Gasteiger partial charge in [-0.1, -0.05) is 18.2 Å². The molecular formula is C22H22NO4+. The van der Waals surface area contributed by atoms with Crippen LogP contribution in [-0.2, 0) is 4.79 Å². The molecule has 2 aromatic carbocycles. The molecule has 3 aromatic rings. The highest BCUT2D eigenvalue weighted by Gasteiger charge is 2.20. The molecular weight excluding hydrogens is 342 g/mol. The molecule has 0 bridgehead atoms. The van der Waals surface area contributed by atoms with Crippen LogP contribution in [0.2, 0.25) is 0 Å². The highest BCUT2D eigenvalue weighted by Crippen LogP contribution is 2.24. The first-order chi connectivity index (χ1) is 12.7. The maximum absolute atomic E-state index is 12.5. The summed E-state index contributed by atoms with van der Waals surface area (Å²) >= 11 is 0. The van der Waals surface area contributed by atoms with E-state index in [1.807, 2.05) is 58.4 Å². The van der Waals surface area contributed by atoms with Gasteiger partial charge < -0.3 is 9.15 Å². The van der Waals surface area contributed by atoms with Gasteiger partial charge in [0.05, 0.1) is 27.2 Å². The van der Waals surface area contributed by atoms with E-state index in [4.69, 9.17) is 9.15 Å². The van der Waals surface area contributed by atoms with Crippen LogP contribution in [0.3, 0.4) is 0 Å². The molecule has 0 aliphatic carbocycles. The number of hydrogen-bond donors (Lipinski definition) is 0. The molecule has 1 aromatic heterocycles. The number of fused-ring (bicyclic) bond motifs is 1. The van der Waals surface area contributed by atoms with Crippen molar-refractivity contribution < 1.29 is 18.4 Å². The minimum Gasteiger partial charge on any atom is -0.423 e. The lowest BCUT2D eigenvalue weighted by atomic mass is 10.1. The zero-order valence-corrected chi connectivity index (χ0v) is 15.9. The quantitative estimate of drug-likeness (QED) is 0.233. The molecule has 3 rings (SSSR count). The van der Waals surface area contributed by atoms with Crippen molar-refractivity contribution in [2.75, 3.05) is 21.1 Å². The number of hydrogen-bond acceptors (Lipinski definition) is 4. The number of nitrogens with zero attached hydrogens (tertiary/aromatic N) is 1. The van der Waals surface area contributed by atoms with Gasteiger partial charge in [-0.25, -0.2) is 9.59 Å². The van der Waals surface area contributed by atoms with Crippen LogP contribution >= 0.6 is 0 Å². The monoisotopic (exact) mass is 364 g/mol.